The summed E-state index contributed by atoms with van der Waals surface area (Å²) in [7, 11) is -1.99. The van der Waals surface area contributed by atoms with Crippen molar-refractivity contribution in [3.63, 3.8) is 0 Å². The Kier molecular flexibility index (Phi) is 8.30. The molecule has 1 aromatic carbocycles. The van der Waals surface area contributed by atoms with E-state index in [0.717, 1.165) is 19.5 Å². The van der Waals surface area contributed by atoms with Crippen LogP contribution >= 0.6 is 12.4 Å². The lowest BCUT2D eigenvalue weighted by atomic mass is 9.97. The van der Waals surface area contributed by atoms with Gasteiger partial charge in [0, 0.05) is 32.1 Å². The number of nitrogens with one attached hydrogen (secondary N) is 2. The van der Waals surface area contributed by atoms with Gasteiger partial charge in [0.05, 0.1) is 12.0 Å². The van der Waals surface area contributed by atoms with E-state index in [0.29, 0.717) is 38.2 Å². The molecule has 0 saturated carbocycles. The molecule has 0 atom stereocenters. The Morgan fingerprint density at radius 1 is 1.25 bits per heavy atom. The van der Waals surface area contributed by atoms with Gasteiger partial charge in [-0.15, -0.1) is 12.4 Å². The summed E-state index contributed by atoms with van der Waals surface area (Å²) in [6.45, 7) is 3.11. The smallest absolute Gasteiger partial charge is 0.243 e. The molecule has 156 valence electrons. The largest absolute Gasteiger partial charge is 0.497 e. The van der Waals surface area contributed by atoms with Crippen molar-refractivity contribution in [2.75, 3.05) is 39.8 Å². The van der Waals surface area contributed by atoms with E-state index in [1.54, 1.807) is 31.4 Å². The van der Waals surface area contributed by atoms with Crippen LogP contribution in [0, 0.1) is 5.92 Å². The molecule has 2 heterocycles. The topological polar surface area (TPSA) is 87.7 Å². The Morgan fingerprint density at radius 3 is 2.50 bits per heavy atom. The summed E-state index contributed by atoms with van der Waals surface area (Å²) < 4.78 is 32.1. The number of ether oxygens (including phenoxy) is 1. The van der Waals surface area contributed by atoms with Gasteiger partial charge in [-0.05, 0) is 50.1 Å². The number of hydrogen-bond donors (Lipinski definition) is 2. The standard InChI is InChI=1S/C19H27N3O4S.ClH/c1-26-17-2-4-18(5-3-17)27(24,25)22-12-8-16(9-13-22)19(23)21-14-15-6-10-20-11-7-15;/h2-6,16,20H,7-14H2,1H3,(H,21,23);1H. The molecule has 2 aliphatic heterocycles. The fourth-order valence-electron chi connectivity index (χ4n) is 3.43. The van der Waals surface area contributed by atoms with Gasteiger partial charge in [-0.3, -0.25) is 4.79 Å². The van der Waals surface area contributed by atoms with Gasteiger partial charge < -0.3 is 15.4 Å². The third-order valence-corrected chi connectivity index (χ3v) is 7.08. The maximum absolute atomic E-state index is 12.8. The van der Waals surface area contributed by atoms with E-state index in [1.165, 1.54) is 9.88 Å². The van der Waals surface area contributed by atoms with Gasteiger partial charge in [-0.25, -0.2) is 8.42 Å². The quantitative estimate of drug-likeness (QED) is 0.670. The molecule has 0 spiro atoms. The molecule has 7 nitrogen and oxygen atoms in total. The molecule has 1 saturated heterocycles. The molecule has 0 unspecified atom stereocenters. The number of benzene rings is 1. The van der Waals surface area contributed by atoms with E-state index in [1.807, 2.05) is 0 Å². The average Bonchev–Trinajstić information content (AvgIpc) is 2.73. The second-order valence-corrected chi connectivity index (χ2v) is 8.83. The van der Waals surface area contributed by atoms with Crippen molar-refractivity contribution in [2.24, 2.45) is 5.92 Å². The van der Waals surface area contributed by atoms with Crippen LogP contribution in [0.2, 0.25) is 0 Å². The molecule has 2 N–H and O–H groups in total. The highest BCUT2D eigenvalue weighted by Crippen LogP contribution is 2.25. The van der Waals surface area contributed by atoms with Gasteiger partial charge in [0.15, 0.2) is 0 Å². The third-order valence-electron chi connectivity index (χ3n) is 5.17. The number of nitrogens with zero attached hydrogens (tertiary/aromatic N) is 1. The zero-order chi connectivity index (χ0) is 19.3. The average molecular weight is 430 g/mol. The second-order valence-electron chi connectivity index (χ2n) is 6.89. The predicted molar refractivity (Wildman–Crippen MR) is 110 cm³/mol. The van der Waals surface area contributed by atoms with Crippen LogP contribution in [-0.4, -0.2) is 58.5 Å². The molecule has 1 amide bonds. The first-order valence-corrected chi connectivity index (χ1v) is 10.8. The van der Waals surface area contributed by atoms with Gasteiger partial charge in [0.25, 0.3) is 0 Å². The minimum absolute atomic E-state index is 0. The highest BCUT2D eigenvalue weighted by Gasteiger charge is 2.32. The lowest BCUT2D eigenvalue weighted by molar-refractivity contribution is -0.125. The maximum Gasteiger partial charge on any atom is 0.243 e. The van der Waals surface area contributed by atoms with E-state index in [9.17, 15) is 13.2 Å². The minimum Gasteiger partial charge on any atom is -0.497 e. The fourth-order valence-corrected chi connectivity index (χ4v) is 4.90. The van der Waals surface area contributed by atoms with Crippen LogP contribution in [0.5, 0.6) is 5.75 Å². The van der Waals surface area contributed by atoms with Gasteiger partial charge in [0.2, 0.25) is 15.9 Å². The summed E-state index contributed by atoms with van der Waals surface area (Å²) in [5, 5.41) is 6.25. The highest BCUT2D eigenvalue weighted by atomic mass is 35.5. The molecular formula is C19H28ClN3O4S. The summed E-state index contributed by atoms with van der Waals surface area (Å²) in [4.78, 5) is 12.7. The Balaban J connectivity index is 0.00000280. The molecule has 9 heteroatoms. The highest BCUT2D eigenvalue weighted by molar-refractivity contribution is 7.89. The number of methoxy groups -OCH3 is 1. The van der Waals surface area contributed by atoms with Crippen LogP contribution in [0.3, 0.4) is 0 Å². The van der Waals surface area contributed by atoms with Crippen molar-refractivity contribution >= 4 is 28.3 Å². The van der Waals surface area contributed by atoms with Crippen molar-refractivity contribution < 1.29 is 17.9 Å². The van der Waals surface area contributed by atoms with Crippen LogP contribution in [-0.2, 0) is 14.8 Å². The van der Waals surface area contributed by atoms with Gasteiger partial charge in [0.1, 0.15) is 5.75 Å². The first-order chi connectivity index (χ1) is 13.0. The number of amides is 1. The fraction of sp³-hybridized carbons (Fsp3) is 0.526. The van der Waals surface area contributed by atoms with E-state index in [2.05, 4.69) is 16.7 Å². The van der Waals surface area contributed by atoms with Crippen molar-refractivity contribution in [1.29, 1.82) is 0 Å². The summed E-state index contributed by atoms with van der Waals surface area (Å²) in [6, 6.07) is 6.39. The van der Waals surface area contributed by atoms with Crippen molar-refractivity contribution in [2.45, 2.75) is 24.2 Å². The van der Waals surface area contributed by atoms with E-state index in [-0.39, 0.29) is 29.1 Å². The molecule has 0 aromatic heterocycles. The molecule has 1 aromatic rings. The summed E-state index contributed by atoms with van der Waals surface area (Å²) >= 11 is 0. The van der Waals surface area contributed by atoms with Crippen LogP contribution in [0.25, 0.3) is 0 Å². The number of piperidine rings is 1. The normalized spacial score (nSPS) is 18.7. The summed E-state index contributed by atoms with van der Waals surface area (Å²) in [5.41, 5.74) is 1.25. The summed E-state index contributed by atoms with van der Waals surface area (Å²) in [5.74, 6) is 0.513. The van der Waals surface area contributed by atoms with Crippen LogP contribution in [0.15, 0.2) is 40.8 Å². The second kappa shape index (κ2) is 10.2. The molecule has 0 radical (unpaired) electrons. The van der Waals surface area contributed by atoms with E-state index >= 15 is 0 Å². The number of halogens is 1. The third kappa shape index (κ3) is 5.47. The molecule has 2 aliphatic rings. The van der Waals surface area contributed by atoms with Crippen molar-refractivity contribution in [3.8, 4) is 5.75 Å². The summed E-state index contributed by atoms with van der Waals surface area (Å²) in [6.07, 6.45) is 4.16. The van der Waals surface area contributed by atoms with Crippen LogP contribution < -0.4 is 15.4 Å². The molecule has 0 bridgehead atoms. The maximum atomic E-state index is 12.8. The minimum atomic E-state index is -3.54. The molecule has 0 aliphatic carbocycles. The first-order valence-electron chi connectivity index (χ1n) is 9.31. The Labute approximate surface area is 173 Å². The SMILES string of the molecule is COc1ccc(S(=O)(=O)N2CCC(C(=O)NCC3=CCNCC3)CC2)cc1.Cl. The molecular weight excluding hydrogens is 402 g/mol. The molecule has 3 rings (SSSR count). The lowest BCUT2D eigenvalue weighted by Gasteiger charge is -2.30. The van der Waals surface area contributed by atoms with Crippen LogP contribution in [0.4, 0.5) is 0 Å². The number of carbonyl (C=O) groups is 1. The van der Waals surface area contributed by atoms with Gasteiger partial charge in [-0.1, -0.05) is 11.6 Å². The number of sulfonamides is 1. The number of rotatable bonds is 6. The number of carbonyl (C=O) groups excluding carboxylic acids is 1. The number of hydrogen-bond acceptors (Lipinski definition) is 5. The van der Waals surface area contributed by atoms with Crippen LogP contribution in [0.1, 0.15) is 19.3 Å². The zero-order valence-electron chi connectivity index (χ0n) is 16.0. The first kappa shape index (κ1) is 22.7. The zero-order valence-corrected chi connectivity index (χ0v) is 17.7. The van der Waals surface area contributed by atoms with E-state index < -0.39 is 10.0 Å². The van der Waals surface area contributed by atoms with Crippen molar-refractivity contribution in [3.05, 3.63) is 35.9 Å². The Morgan fingerprint density at radius 2 is 1.93 bits per heavy atom. The van der Waals surface area contributed by atoms with Crippen molar-refractivity contribution in [1.82, 2.24) is 14.9 Å². The van der Waals surface area contributed by atoms with E-state index in [4.69, 9.17) is 4.74 Å². The molecule has 28 heavy (non-hydrogen) atoms. The molecule has 1 fully saturated rings. The monoisotopic (exact) mass is 429 g/mol. The Bertz CT molecular complexity index is 788. The predicted octanol–water partition coefficient (Wildman–Crippen LogP) is 1.55. The van der Waals surface area contributed by atoms with Gasteiger partial charge >= 0.3 is 0 Å². The lowest BCUT2D eigenvalue weighted by Crippen LogP contribution is -2.43. The van der Waals surface area contributed by atoms with Gasteiger partial charge in [-0.2, -0.15) is 4.31 Å². The Hall–Kier alpha value is -1.61.